The Morgan fingerprint density at radius 2 is 2.00 bits per heavy atom. The fraction of sp³-hybridized carbons (Fsp3) is 0.625. The van der Waals surface area contributed by atoms with Crippen molar-refractivity contribution in [2.45, 2.75) is 38.4 Å². The molecule has 132 valence electrons. The molecule has 24 heavy (non-hydrogen) atoms. The molecule has 6 nitrogen and oxygen atoms in total. The zero-order valence-corrected chi connectivity index (χ0v) is 16.2. The molecule has 1 atom stereocenters. The monoisotopic (exact) mass is 414 g/mol. The second-order valence-electron chi connectivity index (χ2n) is 6.43. The van der Waals surface area contributed by atoms with E-state index in [2.05, 4.69) is 48.5 Å². The van der Waals surface area contributed by atoms with Crippen LogP contribution in [0.25, 0.3) is 0 Å². The number of nitrogens with one attached hydrogen (secondary N) is 2. The molecule has 1 unspecified atom stereocenters. The van der Waals surface area contributed by atoms with E-state index in [1.165, 1.54) is 4.88 Å². The molecule has 1 aromatic heterocycles. The van der Waals surface area contributed by atoms with Gasteiger partial charge in [-0.25, -0.2) is 4.79 Å². The number of imide groups is 1. The molecule has 8 heteroatoms. The molecule has 1 aromatic rings. The third-order valence-corrected chi connectivity index (χ3v) is 6.10. The molecule has 3 rings (SSSR count). The highest BCUT2D eigenvalue weighted by atomic mass is 79.9. The minimum absolute atomic E-state index is 0.219. The molecule has 1 saturated heterocycles. The van der Waals surface area contributed by atoms with Crippen LogP contribution in [-0.4, -0.2) is 60.0 Å². The first-order valence-electron chi connectivity index (χ1n) is 8.33. The van der Waals surface area contributed by atoms with E-state index in [9.17, 15) is 9.59 Å². The van der Waals surface area contributed by atoms with Crippen LogP contribution in [0, 0.1) is 0 Å². The van der Waals surface area contributed by atoms with Crippen LogP contribution in [0.1, 0.15) is 24.6 Å². The zero-order chi connectivity index (χ0) is 17.1. The van der Waals surface area contributed by atoms with Gasteiger partial charge in [-0.1, -0.05) is 0 Å². The van der Waals surface area contributed by atoms with Gasteiger partial charge in [-0.3, -0.25) is 19.9 Å². The average molecular weight is 415 g/mol. The molecule has 1 aliphatic heterocycles. The van der Waals surface area contributed by atoms with Crippen LogP contribution in [0.3, 0.4) is 0 Å². The molecule has 0 spiro atoms. The highest BCUT2D eigenvalue weighted by Crippen LogP contribution is 2.23. The molecule has 1 saturated carbocycles. The van der Waals surface area contributed by atoms with Crippen LogP contribution in [-0.2, 0) is 11.3 Å². The number of rotatable bonds is 5. The average Bonchev–Trinajstić information content (AvgIpc) is 3.27. The van der Waals surface area contributed by atoms with Crippen molar-refractivity contribution in [3.05, 3.63) is 20.8 Å². The molecular weight excluding hydrogens is 392 g/mol. The normalized spacial score (nSPS) is 20.6. The number of thiophene rings is 1. The lowest BCUT2D eigenvalue weighted by molar-refractivity contribution is -0.125. The summed E-state index contributed by atoms with van der Waals surface area (Å²) in [7, 11) is 0. The second-order valence-corrected chi connectivity index (χ2v) is 8.98. The molecule has 2 heterocycles. The molecule has 2 fully saturated rings. The maximum Gasteiger partial charge on any atom is 0.321 e. The van der Waals surface area contributed by atoms with E-state index in [4.69, 9.17) is 0 Å². The highest BCUT2D eigenvalue weighted by molar-refractivity contribution is 9.11. The number of nitrogens with zero attached hydrogens (tertiary/aromatic N) is 2. The number of carbonyl (C=O) groups is 2. The van der Waals surface area contributed by atoms with Gasteiger partial charge in [-0.15, -0.1) is 11.3 Å². The third-order valence-electron chi connectivity index (χ3n) is 4.49. The van der Waals surface area contributed by atoms with Crippen LogP contribution in [0.5, 0.6) is 0 Å². The number of hydrogen-bond acceptors (Lipinski definition) is 5. The number of urea groups is 1. The summed E-state index contributed by atoms with van der Waals surface area (Å²) in [6.45, 7) is 6.36. The lowest BCUT2D eigenvalue weighted by Crippen LogP contribution is -2.55. The lowest BCUT2D eigenvalue weighted by atomic mass is 10.2. The summed E-state index contributed by atoms with van der Waals surface area (Å²) in [5.41, 5.74) is 0. The van der Waals surface area contributed by atoms with Crippen molar-refractivity contribution in [3.63, 3.8) is 0 Å². The van der Waals surface area contributed by atoms with Crippen LogP contribution < -0.4 is 10.6 Å². The second kappa shape index (κ2) is 7.95. The van der Waals surface area contributed by atoms with Gasteiger partial charge in [0, 0.05) is 43.6 Å². The Balaban J connectivity index is 1.41. The Hall–Kier alpha value is -0.960. The van der Waals surface area contributed by atoms with Crippen LogP contribution in [0.2, 0.25) is 0 Å². The van der Waals surface area contributed by atoms with E-state index >= 15 is 0 Å². The summed E-state index contributed by atoms with van der Waals surface area (Å²) in [6.07, 6.45) is 2.03. The number of hydrogen-bond donors (Lipinski definition) is 2. The van der Waals surface area contributed by atoms with E-state index in [1.54, 1.807) is 11.3 Å². The first-order valence-corrected chi connectivity index (χ1v) is 9.94. The number of piperazine rings is 1. The molecule has 2 N–H and O–H groups in total. The maximum absolute atomic E-state index is 12.2. The van der Waals surface area contributed by atoms with Gasteiger partial charge in [0.1, 0.15) is 0 Å². The third kappa shape index (κ3) is 5.02. The minimum atomic E-state index is -0.365. The van der Waals surface area contributed by atoms with Crippen molar-refractivity contribution in [2.75, 3.05) is 26.2 Å². The molecular formula is C16H23BrN4O2S. The van der Waals surface area contributed by atoms with Gasteiger partial charge in [-0.05, 0) is 47.8 Å². The summed E-state index contributed by atoms with van der Waals surface area (Å²) in [4.78, 5) is 29.8. The van der Waals surface area contributed by atoms with Crippen molar-refractivity contribution in [2.24, 2.45) is 0 Å². The standard InChI is InChI=1S/C16H23BrN4O2S/c1-11(15(22)19-16(23)18-12-2-3-12)21-8-6-20(7-9-21)10-13-4-5-14(17)24-13/h4-5,11-12H,2-3,6-10H2,1H3,(H2,18,19,22,23). The van der Waals surface area contributed by atoms with Crippen LogP contribution in [0.4, 0.5) is 4.79 Å². The minimum Gasteiger partial charge on any atom is -0.335 e. The van der Waals surface area contributed by atoms with Gasteiger partial charge in [-0.2, -0.15) is 0 Å². The van der Waals surface area contributed by atoms with E-state index in [1.807, 2.05) is 6.92 Å². The Kier molecular flexibility index (Phi) is 5.91. The van der Waals surface area contributed by atoms with Gasteiger partial charge in [0.05, 0.1) is 9.83 Å². The molecule has 0 aromatic carbocycles. The van der Waals surface area contributed by atoms with E-state index in [0.29, 0.717) is 0 Å². The summed E-state index contributed by atoms with van der Waals surface area (Å²) >= 11 is 5.26. The first-order chi connectivity index (χ1) is 11.5. The number of amides is 3. The fourth-order valence-corrected chi connectivity index (χ4v) is 4.32. The van der Waals surface area contributed by atoms with Crippen molar-refractivity contribution in [1.82, 2.24) is 20.4 Å². The van der Waals surface area contributed by atoms with Gasteiger partial charge in [0.15, 0.2) is 0 Å². The van der Waals surface area contributed by atoms with Crippen molar-refractivity contribution in [3.8, 4) is 0 Å². The number of carbonyl (C=O) groups excluding carboxylic acids is 2. The summed E-state index contributed by atoms with van der Waals surface area (Å²) in [6, 6.07) is 3.84. The van der Waals surface area contributed by atoms with Crippen molar-refractivity contribution < 1.29 is 9.59 Å². The van der Waals surface area contributed by atoms with E-state index in [0.717, 1.165) is 49.4 Å². The Labute approximate surface area is 154 Å². The van der Waals surface area contributed by atoms with E-state index < -0.39 is 0 Å². The summed E-state index contributed by atoms with van der Waals surface area (Å²) in [5.74, 6) is -0.219. The van der Waals surface area contributed by atoms with Gasteiger partial charge < -0.3 is 5.32 Å². The molecule has 0 radical (unpaired) electrons. The maximum atomic E-state index is 12.2. The van der Waals surface area contributed by atoms with Crippen LogP contribution in [0.15, 0.2) is 15.9 Å². The van der Waals surface area contributed by atoms with Gasteiger partial charge in [0.25, 0.3) is 0 Å². The Morgan fingerprint density at radius 1 is 1.29 bits per heavy atom. The Bertz CT molecular complexity index is 597. The van der Waals surface area contributed by atoms with E-state index in [-0.39, 0.29) is 24.0 Å². The van der Waals surface area contributed by atoms with Gasteiger partial charge in [0.2, 0.25) is 5.91 Å². The molecule has 3 amide bonds. The highest BCUT2D eigenvalue weighted by Gasteiger charge is 2.28. The molecule has 2 aliphatic rings. The summed E-state index contributed by atoms with van der Waals surface area (Å²) in [5, 5.41) is 5.23. The number of halogens is 1. The molecule has 0 bridgehead atoms. The lowest BCUT2D eigenvalue weighted by Gasteiger charge is -2.37. The zero-order valence-electron chi connectivity index (χ0n) is 13.8. The topological polar surface area (TPSA) is 64.7 Å². The van der Waals surface area contributed by atoms with Crippen LogP contribution >= 0.6 is 27.3 Å². The fourth-order valence-electron chi connectivity index (χ4n) is 2.80. The first kappa shape index (κ1) is 17.8. The quantitative estimate of drug-likeness (QED) is 0.773. The predicted molar refractivity (Wildman–Crippen MR) is 98.0 cm³/mol. The van der Waals surface area contributed by atoms with Crippen molar-refractivity contribution in [1.29, 1.82) is 0 Å². The largest absolute Gasteiger partial charge is 0.335 e. The van der Waals surface area contributed by atoms with Gasteiger partial charge >= 0.3 is 6.03 Å². The summed E-state index contributed by atoms with van der Waals surface area (Å²) < 4.78 is 1.16. The molecule has 1 aliphatic carbocycles. The SMILES string of the molecule is CC(C(=O)NC(=O)NC1CC1)N1CCN(Cc2ccc(Br)s2)CC1. The smallest absolute Gasteiger partial charge is 0.321 e. The predicted octanol–water partition coefficient (Wildman–Crippen LogP) is 2.00. The Morgan fingerprint density at radius 3 is 2.58 bits per heavy atom. The van der Waals surface area contributed by atoms with Crippen molar-refractivity contribution >= 4 is 39.2 Å².